The molecule has 8 heteroatoms. The van der Waals surface area contributed by atoms with Crippen LogP contribution in [0.15, 0.2) is 16.7 Å². The van der Waals surface area contributed by atoms with Gasteiger partial charge in [0.05, 0.1) is 12.5 Å². The maximum Gasteiger partial charge on any atom is 0.415 e. The Balaban J connectivity index is 2.45. The number of ether oxygens (including phenoxy) is 2. The average molecular weight is 429 g/mol. The van der Waals surface area contributed by atoms with Crippen molar-refractivity contribution < 1.29 is 24.2 Å². The van der Waals surface area contributed by atoms with E-state index in [-0.39, 0.29) is 12.5 Å². The van der Waals surface area contributed by atoms with Crippen molar-refractivity contribution in [3.05, 3.63) is 22.3 Å². The first kappa shape index (κ1) is 20.6. The topological polar surface area (TPSA) is 89.0 Å². The van der Waals surface area contributed by atoms with Crippen LogP contribution in [-0.4, -0.2) is 47.5 Å². The zero-order chi connectivity index (χ0) is 19.5. The number of anilines is 1. The fraction of sp³-hybridized carbons (Fsp3) is 0.611. The van der Waals surface area contributed by atoms with Gasteiger partial charge in [0.25, 0.3) is 0 Å². The largest absolute Gasteiger partial charge is 0.481 e. The van der Waals surface area contributed by atoms with Crippen molar-refractivity contribution in [1.82, 2.24) is 4.98 Å². The number of carbonyl (C=O) groups is 2. The van der Waals surface area contributed by atoms with Gasteiger partial charge in [0.15, 0.2) is 0 Å². The Morgan fingerprint density at radius 1 is 1.46 bits per heavy atom. The summed E-state index contributed by atoms with van der Waals surface area (Å²) in [7, 11) is 0. The summed E-state index contributed by atoms with van der Waals surface area (Å²) in [6, 6.07) is 1.83. The molecule has 1 saturated heterocycles. The summed E-state index contributed by atoms with van der Waals surface area (Å²) in [5.74, 6) is -1.46. The number of amides is 1. The van der Waals surface area contributed by atoms with Gasteiger partial charge in [-0.1, -0.05) is 0 Å². The van der Waals surface area contributed by atoms with E-state index in [1.165, 1.54) is 4.90 Å². The predicted molar refractivity (Wildman–Crippen MR) is 100 cm³/mol. The Morgan fingerprint density at radius 3 is 2.73 bits per heavy atom. The molecule has 0 aromatic carbocycles. The highest BCUT2D eigenvalue weighted by molar-refractivity contribution is 9.10. The van der Waals surface area contributed by atoms with Crippen LogP contribution < -0.4 is 4.90 Å². The third-order valence-electron chi connectivity index (χ3n) is 4.12. The Labute approximate surface area is 161 Å². The Bertz CT molecular complexity index is 674. The van der Waals surface area contributed by atoms with E-state index >= 15 is 0 Å². The van der Waals surface area contributed by atoms with E-state index in [0.29, 0.717) is 31.0 Å². The SMILES string of the molecule is CCN(C(=O)OC(C)(C)C)c1ncc(Br)cc1C1CCOC[C@@H]1C(=O)O. The summed E-state index contributed by atoms with van der Waals surface area (Å²) in [6.45, 7) is 8.20. The molecule has 0 aliphatic carbocycles. The molecule has 1 amide bonds. The molecule has 2 heterocycles. The molecule has 0 radical (unpaired) electrons. The van der Waals surface area contributed by atoms with Gasteiger partial charge in [-0.2, -0.15) is 0 Å². The van der Waals surface area contributed by atoms with Gasteiger partial charge in [-0.3, -0.25) is 9.69 Å². The van der Waals surface area contributed by atoms with Gasteiger partial charge in [-0.05, 0) is 56.1 Å². The molecule has 1 fully saturated rings. The lowest BCUT2D eigenvalue weighted by atomic mass is 9.82. The number of halogens is 1. The fourth-order valence-corrected chi connectivity index (χ4v) is 3.33. The third-order valence-corrected chi connectivity index (χ3v) is 4.55. The van der Waals surface area contributed by atoms with E-state index < -0.39 is 23.6 Å². The molecule has 7 nitrogen and oxygen atoms in total. The smallest absolute Gasteiger partial charge is 0.415 e. The predicted octanol–water partition coefficient (Wildman–Crippen LogP) is 3.81. The van der Waals surface area contributed by atoms with Crippen LogP contribution in [0.25, 0.3) is 0 Å². The molecule has 1 aliphatic heterocycles. The molecule has 2 atom stereocenters. The Morgan fingerprint density at radius 2 is 2.15 bits per heavy atom. The normalized spacial score (nSPS) is 20.5. The second kappa shape index (κ2) is 8.35. The number of aliphatic carboxylic acids is 1. The highest BCUT2D eigenvalue weighted by Crippen LogP contribution is 2.38. The molecule has 144 valence electrons. The van der Waals surface area contributed by atoms with E-state index in [1.807, 2.05) is 13.0 Å². The Hall–Kier alpha value is -1.67. The number of pyridine rings is 1. The van der Waals surface area contributed by atoms with Crippen LogP contribution in [0.4, 0.5) is 10.6 Å². The number of hydrogen-bond donors (Lipinski definition) is 1. The Kier molecular flexibility index (Phi) is 6.63. The van der Waals surface area contributed by atoms with Crippen molar-refractivity contribution in [2.24, 2.45) is 5.92 Å². The van der Waals surface area contributed by atoms with Gasteiger partial charge in [0.1, 0.15) is 11.4 Å². The minimum Gasteiger partial charge on any atom is -0.481 e. The molecule has 1 aromatic heterocycles. The zero-order valence-electron chi connectivity index (χ0n) is 15.5. The fourth-order valence-electron chi connectivity index (χ4n) is 2.98. The van der Waals surface area contributed by atoms with E-state index in [2.05, 4.69) is 20.9 Å². The minimum absolute atomic E-state index is 0.143. The van der Waals surface area contributed by atoms with Crippen molar-refractivity contribution in [3.8, 4) is 0 Å². The number of aromatic nitrogens is 1. The highest BCUT2D eigenvalue weighted by atomic mass is 79.9. The summed E-state index contributed by atoms with van der Waals surface area (Å²) in [5, 5.41) is 9.57. The molecule has 0 spiro atoms. The average Bonchev–Trinajstić information content (AvgIpc) is 2.55. The number of carbonyl (C=O) groups excluding carboxylic acids is 1. The van der Waals surface area contributed by atoms with Gasteiger partial charge in [-0.15, -0.1) is 0 Å². The molecular weight excluding hydrogens is 404 g/mol. The monoisotopic (exact) mass is 428 g/mol. The summed E-state index contributed by atoms with van der Waals surface area (Å²) >= 11 is 3.40. The summed E-state index contributed by atoms with van der Waals surface area (Å²) in [5.41, 5.74) is 0.0743. The molecule has 1 N–H and O–H groups in total. The number of rotatable bonds is 4. The van der Waals surface area contributed by atoms with E-state index in [0.717, 1.165) is 4.47 Å². The maximum absolute atomic E-state index is 12.6. The number of carboxylic acid groups (broad SMARTS) is 1. The van der Waals surface area contributed by atoms with Crippen molar-refractivity contribution in [3.63, 3.8) is 0 Å². The zero-order valence-corrected chi connectivity index (χ0v) is 17.1. The van der Waals surface area contributed by atoms with Gasteiger partial charge in [0.2, 0.25) is 0 Å². The van der Waals surface area contributed by atoms with E-state index in [4.69, 9.17) is 9.47 Å². The molecule has 1 aliphatic rings. The van der Waals surface area contributed by atoms with Crippen LogP contribution >= 0.6 is 15.9 Å². The number of nitrogens with zero attached hydrogens (tertiary/aromatic N) is 2. The van der Waals surface area contributed by atoms with Crippen LogP contribution in [0.2, 0.25) is 0 Å². The standard InChI is InChI=1S/C18H25BrN2O5/c1-5-21(17(24)26-18(2,3)4)15-13(8-11(19)9-20-15)12-6-7-25-10-14(12)16(22)23/h8-9,12,14H,5-7,10H2,1-4H3,(H,22,23)/t12?,14-/m0/s1. The van der Waals surface area contributed by atoms with Crippen LogP contribution in [0, 0.1) is 5.92 Å². The number of carboxylic acids is 1. The quantitative estimate of drug-likeness (QED) is 0.783. The number of hydrogen-bond acceptors (Lipinski definition) is 5. The first-order valence-corrected chi connectivity index (χ1v) is 9.39. The molecule has 2 rings (SSSR count). The first-order chi connectivity index (χ1) is 12.1. The van der Waals surface area contributed by atoms with Gasteiger partial charge < -0.3 is 14.6 Å². The summed E-state index contributed by atoms with van der Waals surface area (Å²) < 4.78 is 11.6. The lowest BCUT2D eigenvalue weighted by molar-refractivity contribution is -0.147. The molecular formula is C18H25BrN2O5. The lowest BCUT2D eigenvalue weighted by Gasteiger charge is -2.33. The summed E-state index contributed by atoms with van der Waals surface area (Å²) in [4.78, 5) is 30.2. The van der Waals surface area contributed by atoms with Crippen molar-refractivity contribution in [1.29, 1.82) is 0 Å². The van der Waals surface area contributed by atoms with Crippen LogP contribution in [0.3, 0.4) is 0 Å². The van der Waals surface area contributed by atoms with Gasteiger partial charge in [-0.25, -0.2) is 9.78 Å². The first-order valence-electron chi connectivity index (χ1n) is 8.60. The van der Waals surface area contributed by atoms with Gasteiger partial charge >= 0.3 is 12.1 Å². The van der Waals surface area contributed by atoms with E-state index in [1.54, 1.807) is 27.0 Å². The lowest BCUT2D eigenvalue weighted by Crippen LogP contribution is -2.39. The molecule has 1 aromatic rings. The van der Waals surface area contributed by atoms with Gasteiger partial charge in [0, 0.05) is 35.3 Å². The van der Waals surface area contributed by atoms with Crippen molar-refractivity contribution in [2.75, 3.05) is 24.7 Å². The molecule has 0 saturated carbocycles. The van der Waals surface area contributed by atoms with E-state index in [9.17, 15) is 14.7 Å². The van der Waals surface area contributed by atoms with Crippen LogP contribution in [0.1, 0.15) is 45.6 Å². The second-order valence-electron chi connectivity index (χ2n) is 7.21. The van der Waals surface area contributed by atoms with Crippen molar-refractivity contribution >= 4 is 33.8 Å². The van der Waals surface area contributed by atoms with Crippen LogP contribution in [-0.2, 0) is 14.3 Å². The molecule has 0 bridgehead atoms. The van der Waals surface area contributed by atoms with Crippen molar-refractivity contribution in [2.45, 2.75) is 45.6 Å². The molecule has 26 heavy (non-hydrogen) atoms. The van der Waals surface area contributed by atoms with Crippen LogP contribution in [0.5, 0.6) is 0 Å². The second-order valence-corrected chi connectivity index (χ2v) is 8.12. The maximum atomic E-state index is 12.6. The molecule has 1 unspecified atom stereocenters. The summed E-state index contributed by atoms with van der Waals surface area (Å²) in [6.07, 6.45) is 1.64. The minimum atomic E-state index is -0.916. The highest BCUT2D eigenvalue weighted by Gasteiger charge is 2.36. The third kappa shape index (κ3) is 4.94.